The van der Waals surface area contributed by atoms with E-state index in [1.165, 1.54) is 13.2 Å². The van der Waals surface area contributed by atoms with E-state index in [9.17, 15) is 9.59 Å². The summed E-state index contributed by atoms with van der Waals surface area (Å²) in [6, 6.07) is 4.74. The zero-order chi connectivity index (χ0) is 13.8. The van der Waals surface area contributed by atoms with Crippen LogP contribution in [0.3, 0.4) is 0 Å². The molecule has 5 nitrogen and oxygen atoms in total. The smallest absolute Gasteiger partial charge is 0.493 e. The van der Waals surface area contributed by atoms with Gasteiger partial charge in [-0.05, 0) is 32.9 Å². The van der Waals surface area contributed by atoms with E-state index in [2.05, 4.69) is 0 Å². The Hall–Kier alpha value is -2.04. The van der Waals surface area contributed by atoms with Gasteiger partial charge in [0.25, 0.3) is 0 Å². The molecule has 0 aliphatic carbocycles. The van der Waals surface area contributed by atoms with Crippen molar-refractivity contribution in [3.8, 4) is 11.5 Å². The Morgan fingerprint density at radius 3 is 2.44 bits per heavy atom. The molecule has 0 aromatic heterocycles. The highest BCUT2D eigenvalue weighted by Gasteiger charge is 2.21. The number of hydrogen-bond acceptors (Lipinski definition) is 5. The largest absolute Gasteiger partial charge is 0.514 e. The van der Waals surface area contributed by atoms with Gasteiger partial charge in [0.2, 0.25) is 0 Å². The van der Waals surface area contributed by atoms with E-state index in [1.807, 2.05) is 0 Å². The van der Waals surface area contributed by atoms with Crippen molar-refractivity contribution in [2.75, 3.05) is 7.11 Å². The summed E-state index contributed by atoms with van der Waals surface area (Å²) in [7, 11) is 1.42. The molecule has 1 aromatic carbocycles. The summed E-state index contributed by atoms with van der Waals surface area (Å²) in [4.78, 5) is 22.4. The monoisotopic (exact) mass is 252 g/mol. The van der Waals surface area contributed by atoms with Crippen molar-refractivity contribution in [2.24, 2.45) is 0 Å². The molecule has 1 rings (SSSR count). The molecule has 0 saturated carbocycles. The highest BCUT2D eigenvalue weighted by molar-refractivity contribution is 5.83. The van der Waals surface area contributed by atoms with E-state index >= 15 is 0 Å². The van der Waals surface area contributed by atoms with E-state index in [0.717, 1.165) is 0 Å². The highest BCUT2D eigenvalue weighted by atomic mass is 16.7. The number of hydrogen-bond donors (Lipinski definition) is 0. The van der Waals surface area contributed by atoms with Crippen LogP contribution in [0.2, 0.25) is 0 Å². The molecule has 0 spiro atoms. The predicted octanol–water partition coefficient (Wildman–Crippen LogP) is 2.82. The zero-order valence-electron chi connectivity index (χ0n) is 10.9. The number of carbonyl (C=O) groups excluding carboxylic acids is 2. The lowest BCUT2D eigenvalue weighted by molar-refractivity contribution is 0.0200. The van der Waals surface area contributed by atoms with Crippen molar-refractivity contribution >= 4 is 12.4 Å². The van der Waals surface area contributed by atoms with Crippen LogP contribution in [0, 0.1) is 0 Å². The Morgan fingerprint density at radius 1 is 1.28 bits per heavy atom. The Balaban J connectivity index is 2.95. The summed E-state index contributed by atoms with van der Waals surface area (Å²) >= 11 is 0. The molecular formula is C13H16O5. The van der Waals surface area contributed by atoms with Gasteiger partial charge in [-0.15, -0.1) is 0 Å². The summed E-state index contributed by atoms with van der Waals surface area (Å²) in [6.07, 6.45) is -0.294. The second-order valence-corrected chi connectivity index (χ2v) is 4.56. The van der Waals surface area contributed by atoms with E-state index in [1.54, 1.807) is 32.9 Å². The molecule has 1 aromatic rings. The zero-order valence-corrected chi connectivity index (χ0v) is 10.9. The number of benzene rings is 1. The van der Waals surface area contributed by atoms with Crippen LogP contribution in [-0.4, -0.2) is 25.2 Å². The second kappa shape index (κ2) is 5.53. The number of ether oxygens (including phenoxy) is 3. The Labute approximate surface area is 106 Å². The first-order valence-electron chi connectivity index (χ1n) is 5.40. The third kappa shape index (κ3) is 3.76. The number of para-hydroxylation sites is 1. The van der Waals surface area contributed by atoms with Gasteiger partial charge in [0, 0.05) is 0 Å². The van der Waals surface area contributed by atoms with Crippen molar-refractivity contribution in [1.82, 2.24) is 0 Å². The van der Waals surface area contributed by atoms with Crippen LogP contribution in [0.15, 0.2) is 18.2 Å². The van der Waals surface area contributed by atoms with E-state index < -0.39 is 11.8 Å². The number of methoxy groups -OCH3 is 1. The summed E-state index contributed by atoms with van der Waals surface area (Å²) in [5, 5.41) is 0. The summed E-state index contributed by atoms with van der Waals surface area (Å²) < 4.78 is 15.1. The molecular weight excluding hydrogens is 236 g/mol. The molecule has 5 heteroatoms. The van der Waals surface area contributed by atoms with Gasteiger partial charge in [-0.3, -0.25) is 4.79 Å². The molecule has 0 atom stereocenters. The minimum absolute atomic E-state index is 0.0595. The molecule has 0 bridgehead atoms. The van der Waals surface area contributed by atoms with Crippen LogP contribution in [0.25, 0.3) is 0 Å². The SMILES string of the molecule is COc1cccc(C=O)c1OC(=O)OC(C)(C)C. The predicted molar refractivity (Wildman–Crippen MR) is 65.2 cm³/mol. The molecule has 18 heavy (non-hydrogen) atoms. The van der Waals surface area contributed by atoms with Gasteiger partial charge in [-0.25, -0.2) is 4.79 Å². The van der Waals surface area contributed by atoms with Crippen LogP contribution in [0.1, 0.15) is 31.1 Å². The van der Waals surface area contributed by atoms with Gasteiger partial charge in [0.05, 0.1) is 12.7 Å². The lowest BCUT2D eigenvalue weighted by atomic mass is 10.2. The third-order valence-electron chi connectivity index (χ3n) is 1.93. The van der Waals surface area contributed by atoms with Crippen LogP contribution < -0.4 is 9.47 Å². The van der Waals surface area contributed by atoms with E-state index in [4.69, 9.17) is 14.2 Å². The number of aldehydes is 1. The van der Waals surface area contributed by atoms with Crippen LogP contribution in [0.5, 0.6) is 11.5 Å². The Morgan fingerprint density at radius 2 is 1.94 bits per heavy atom. The minimum Gasteiger partial charge on any atom is -0.493 e. The second-order valence-electron chi connectivity index (χ2n) is 4.56. The average molecular weight is 252 g/mol. The standard InChI is InChI=1S/C13H16O5/c1-13(2,3)18-12(15)17-11-9(8-14)6-5-7-10(11)16-4/h5-8H,1-4H3. The van der Waals surface area contributed by atoms with Crippen LogP contribution >= 0.6 is 0 Å². The van der Waals surface area contributed by atoms with Crippen molar-refractivity contribution in [1.29, 1.82) is 0 Å². The molecule has 0 unspecified atom stereocenters. The first-order valence-corrected chi connectivity index (χ1v) is 5.40. The molecule has 0 aliphatic rings. The van der Waals surface area contributed by atoms with Gasteiger partial charge in [0.15, 0.2) is 17.8 Å². The number of rotatable bonds is 3. The topological polar surface area (TPSA) is 61.8 Å². The van der Waals surface area contributed by atoms with Crippen molar-refractivity contribution in [2.45, 2.75) is 26.4 Å². The normalized spacial score (nSPS) is 10.7. The van der Waals surface area contributed by atoms with E-state index in [-0.39, 0.29) is 11.3 Å². The molecule has 0 amide bonds. The quantitative estimate of drug-likeness (QED) is 0.470. The van der Waals surface area contributed by atoms with Crippen molar-refractivity contribution < 1.29 is 23.8 Å². The molecule has 0 aliphatic heterocycles. The Bertz CT molecular complexity index is 445. The Kier molecular flexibility index (Phi) is 4.31. The molecule has 0 saturated heterocycles. The fourth-order valence-electron chi connectivity index (χ4n) is 1.25. The maximum Gasteiger partial charge on any atom is 0.514 e. The van der Waals surface area contributed by atoms with Gasteiger partial charge in [-0.1, -0.05) is 6.07 Å². The summed E-state index contributed by atoms with van der Waals surface area (Å²) in [6.45, 7) is 5.16. The van der Waals surface area contributed by atoms with Gasteiger partial charge < -0.3 is 14.2 Å². The van der Waals surface area contributed by atoms with Crippen LogP contribution in [0.4, 0.5) is 4.79 Å². The minimum atomic E-state index is -0.880. The average Bonchev–Trinajstić information content (AvgIpc) is 2.26. The third-order valence-corrected chi connectivity index (χ3v) is 1.93. The van der Waals surface area contributed by atoms with Gasteiger partial charge >= 0.3 is 6.16 Å². The first kappa shape index (κ1) is 14.0. The molecule has 0 N–H and O–H groups in total. The first-order chi connectivity index (χ1) is 8.37. The van der Waals surface area contributed by atoms with Gasteiger partial charge in [0.1, 0.15) is 5.60 Å². The maximum absolute atomic E-state index is 11.5. The summed E-state index contributed by atoms with van der Waals surface area (Å²) in [5.41, 5.74) is -0.444. The molecule has 0 heterocycles. The number of carbonyl (C=O) groups is 2. The maximum atomic E-state index is 11.5. The van der Waals surface area contributed by atoms with Gasteiger partial charge in [-0.2, -0.15) is 0 Å². The van der Waals surface area contributed by atoms with Crippen molar-refractivity contribution in [3.63, 3.8) is 0 Å². The lowest BCUT2D eigenvalue weighted by Gasteiger charge is -2.19. The molecule has 0 radical (unpaired) electrons. The van der Waals surface area contributed by atoms with Crippen LogP contribution in [-0.2, 0) is 4.74 Å². The highest BCUT2D eigenvalue weighted by Crippen LogP contribution is 2.30. The molecule has 98 valence electrons. The fraction of sp³-hybridized carbons (Fsp3) is 0.385. The fourth-order valence-corrected chi connectivity index (χ4v) is 1.25. The lowest BCUT2D eigenvalue weighted by Crippen LogP contribution is -2.26. The van der Waals surface area contributed by atoms with E-state index in [0.29, 0.717) is 12.0 Å². The molecule has 0 fully saturated rings. The van der Waals surface area contributed by atoms with Crippen molar-refractivity contribution in [3.05, 3.63) is 23.8 Å². The summed E-state index contributed by atoms with van der Waals surface area (Å²) in [5.74, 6) is 0.356.